The highest BCUT2D eigenvalue weighted by atomic mass is 16.5. The maximum Gasteiger partial charge on any atom is 0.150 e. The first-order chi connectivity index (χ1) is 24.6. The number of benzene rings is 7. The number of hydrogen-bond donors (Lipinski definition) is 1. The van der Waals surface area contributed by atoms with Crippen LogP contribution >= 0.6 is 0 Å². The molecule has 1 aliphatic heterocycles. The lowest BCUT2D eigenvalue weighted by Crippen LogP contribution is -2.01. The molecule has 7 aromatic carbocycles. The average Bonchev–Trinajstić information content (AvgIpc) is 3.18. The Hall–Kier alpha value is -6.59. The van der Waals surface area contributed by atoms with E-state index in [0.717, 1.165) is 61.5 Å². The first kappa shape index (κ1) is 30.7. The fourth-order valence-electron chi connectivity index (χ4n) is 6.17. The van der Waals surface area contributed by atoms with Crippen molar-refractivity contribution in [3.05, 3.63) is 175 Å². The van der Waals surface area contributed by atoms with E-state index in [-0.39, 0.29) is 0 Å². The van der Waals surface area contributed by atoms with Crippen LogP contribution in [0.1, 0.15) is 11.1 Å². The molecular weight excluding hydrogens is 613 g/mol. The number of anilines is 2. The van der Waals surface area contributed by atoms with Gasteiger partial charge in [0.25, 0.3) is 0 Å². The van der Waals surface area contributed by atoms with Crippen LogP contribution in [0.15, 0.2) is 164 Å². The number of aryl methyl sites for hydroxylation is 2. The number of ether oxygens (including phenoxy) is 1. The van der Waals surface area contributed by atoms with Crippen molar-refractivity contribution in [3.8, 4) is 22.6 Å². The molecule has 2 aromatic heterocycles. The molecule has 0 fully saturated rings. The fourth-order valence-corrected chi connectivity index (χ4v) is 6.17. The molecule has 3 heterocycles. The van der Waals surface area contributed by atoms with Crippen molar-refractivity contribution in [1.29, 1.82) is 0 Å². The van der Waals surface area contributed by atoms with E-state index >= 15 is 0 Å². The minimum absolute atomic E-state index is 0.881. The molecular formula is C45H34N4O. The number of para-hydroxylation sites is 8. The first-order valence-corrected chi connectivity index (χ1v) is 16.7. The summed E-state index contributed by atoms with van der Waals surface area (Å²) in [6.45, 7) is 4.30. The number of nitrogens with zero attached hydrogens (tertiary/aromatic N) is 3. The third-order valence-electron chi connectivity index (χ3n) is 8.96. The first-order valence-electron chi connectivity index (χ1n) is 16.7. The van der Waals surface area contributed by atoms with E-state index in [1.807, 2.05) is 109 Å². The number of fused-ring (bicyclic) bond motifs is 6. The van der Waals surface area contributed by atoms with Crippen molar-refractivity contribution in [2.75, 3.05) is 5.32 Å². The van der Waals surface area contributed by atoms with Gasteiger partial charge in [-0.15, -0.1) is 0 Å². The van der Waals surface area contributed by atoms with Crippen molar-refractivity contribution in [2.24, 2.45) is 0 Å². The van der Waals surface area contributed by atoms with E-state index in [1.54, 1.807) is 0 Å². The standard InChI is InChI=1S/C18H12N2.C15H13N.C12H9NO/c1-2-7-13(8-3-1)14-9-6-12-17-18(14)20-16-11-5-4-10-15(16)19-17;1-10-7-8-15-13(11(10)2)9-12-5-3-4-6-14(12)16-15;1-3-7-11-9(5-1)13-10-6-2-4-8-12(10)14-11/h1-12H;3-9H,1-2H3;1-8,13H. The monoisotopic (exact) mass is 646 g/mol. The second kappa shape index (κ2) is 13.5. The Balaban J connectivity index is 0.000000110. The van der Waals surface area contributed by atoms with Crippen LogP contribution in [-0.2, 0) is 0 Å². The summed E-state index contributed by atoms with van der Waals surface area (Å²) in [6, 6.07) is 55.0. The van der Waals surface area contributed by atoms with Crippen molar-refractivity contribution >= 4 is 55.2 Å². The van der Waals surface area contributed by atoms with E-state index < -0.39 is 0 Å². The molecule has 0 bridgehead atoms. The summed E-state index contributed by atoms with van der Waals surface area (Å²) in [5.74, 6) is 1.76. The predicted octanol–water partition coefficient (Wildman–Crippen LogP) is 12.0. The van der Waals surface area contributed by atoms with Gasteiger partial charge in [0.1, 0.15) is 0 Å². The Labute approximate surface area is 290 Å². The molecule has 0 spiro atoms. The summed E-state index contributed by atoms with van der Waals surface area (Å²) in [6.07, 6.45) is 0. The molecule has 0 atom stereocenters. The summed E-state index contributed by atoms with van der Waals surface area (Å²) < 4.78 is 5.71. The van der Waals surface area contributed by atoms with Gasteiger partial charge in [-0.1, -0.05) is 103 Å². The molecule has 50 heavy (non-hydrogen) atoms. The molecule has 10 rings (SSSR count). The number of aromatic nitrogens is 3. The fraction of sp³-hybridized carbons (Fsp3) is 0.0444. The van der Waals surface area contributed by atoms with Crippen molar-refractivity contribution in [1.82, 2.24) is 15.0 Å². The summed E-state index contributed by atoms with van der Waals surface area (Å²) in [5, 5.41) is 5.79. The molecule has 0 unspecified atom stereocenters. The number of rotatable bonds is 1. The van der Waals surface area contributed by atoms with Crippen LogP contribution < -0.4 is 10.1 Å². The van der Waals surface area contributed by atoms with Crippen LogP contribution in [0, 0.1) is 13.8 Å². The maximum atomic E-state index is 5.71. The van der Waals surface area contributed by atoms with E-state index in [0.29, 0.717) is 0 Å². The lowest BCUT2D eigenvalue weighted by atomic mass is 10.0. The van der Waals surface area contributed by atoms with Crippen molar-refractivity contribution in [2.45, 2.75) is 13.8 Å². The molecule has 0 saturated heterocycles. The molecule has 5 heteroatoms. The largest absolute Gasteiger partial charge is 0.453 e. The summed E-state index contributed by atoms with van der Waals surface area (Å²) in [4.78, 5) is 14.2. The zero-order chi connectivity index (χ0) is 33.9. The summed E-state index contributed by atoms with van der Waals surface area (Å²) in [5.41, 5.74) is 12.9. The van der Waals surface area contributed by atoms with Crippen molar-refractivity contribution in [3.63, 3.8) is 0 Å². The quantitative estimate of drug-likeness (QED) is 0.180. The maximum absolute atomic E-state index is 5.71. The van der Waals surface area contributed by atoms with E-state index in [4.69, 9.17) is 14.7 Å². The molecule has 0 amide bonds. The molecule has 9 aromatic rings. The Morgan fingerprint density at radius 3 is 1.78 bits per heavy atom. The zero-order valence-electron chi connectivity index (χ0n) is 27.8. The highest BCUT2D eigenvalue weighted by molar-refractivity contribution is 5.96. The Kier molecular flexibility index (Phi) is 8.29. The van der Waals surface area contributed by atoms with Gasteiger partial charge >= 0.3 is 0 Å². The van der Waals surface area contributed by atoms with Crippen molar-refractivity contribution < 1.29 is 4.74 Å². The van der Waals surface area contributed by atoms with E-state index in [2.05, 4.69) is 78.7 Å². The molecule has 5 nitrogen and oxygen atoms in total. The van der Waals surface area contributed by atoms with Gasteiger partial charge in [0.2, 0.25) is 0 Å². The molecule has 1 aliphatic rings. The molecule has 0 aliphatic carbocycles. The lowest BCUT2D eigenvalue weighted by molar-refractivity contribution is 0.481. The Bertz CT molecular complexity index is 2550. The highest BCUT2D eigenvalue weighted by Gasteiger charge is 2.14. The summed E-state index contributed by atoms with van der Waals surface area (Å²) in [7, 11) is 0. The van der Waals surface area contributed by atoms with Crippen LogP contribution in [0.25, 0.3) is 55.0 Å². The molecule has 0 saturated carbocycles. The van der Waals surface area contributed by atoms with Crippen LogP contribution in [0.2, 0.25) is 0 Å². The highest BCUT2D eigenvalue weighted by Crippen LogP contribution is 2.41. The summed E-state index contributed by atoms with van der Waals surface area (Å²) >= 11 is 0. The average molecular weight is 647 g/mol. The minimum Gasteiger partial charge on any atom is -0.453 e. The minimum atomic E-state index is 0.881. The normalized spacial score (nSPS) is 11.3. The SMILES string of the molecule is Cc1ccc2nc3ccccc3cc2c1C.c1ccc(-c2cccc3nc4ccccc4nc23)cc1.c1ccc2c(c1)Nc1ccccc1O2. The van der Waals surface area contributed by atoms with Gasteiger partial charge in [-0.05, 0) is 91.2 Å². The third-order valence-corrected chi connectivity index (χ3v) is 8.96. The Morgan fingerprint density at radius 2 is 1.04 bits per heavy atom. The zero-order valence-corrected chi connectivity index (χ0v) is 27.8. The molecule has 0 radical (unpaired) electrons. The van der Waals surface area contributed by atoms with Gasteiger partial charge in [0.05, 0.1) is 44.5 Å². The van der Waals surface area contributed by atoms with Gasteiger partial charge in [-0.2, -0.15) is 0 Å². The van der Waals surface area contributed by atoms with Crippen LogP contribution in [-0.4, -0.2) is 15.0 Å². The number of pyridine rings is 1. The third kappa shape index (κ3) is 6.20. The van der Waals surface area contributed by atoms with Crippen LogP contribution in [0.4, 0.5) is 11.4 Å². The Morgan fingerprint density at radius 1 is 0.460 bits per heavy atom. The van der Waals surface area contributed by atoms with E-state index in [9.17, 15) is 0 Å². The number of hydrogen-bond acceptors (Lipinski definition) is 5. The van der Waals surface area contributed by atoms with E-state index in [1.165, 1.54) is 27.5 Å². The van der Waals surface area contributed by atoms with Crippen LogP contribution in [0.5, 0.6) is 11.5 Å². The molecule has 1 N–H and O–H groups in total. The second-order valence-corrected chi connectivity index (χ2v) is 12.2. The van der Waals surface area contributed by atoms with Gasteiger partial charge in [-0.25, -0.2) is 15.0 Å². The topological polar surface area (TPSA) is 59.9 Å². The van der Waals surface area contributed by atoms with Gasteiger partial charge < -0.3 is 10.1 Å². The van der Waals surface area contributed by atoms with Crippen LogP contribution in [0.3, 0.4) is 0 Å². The molecule has 240 valence electrons. The van der Waals surface area contributed by atoms with Gasteiger partial charge in [-0.3, -0.25) is 0 Å². The van der Waals surface area contributed by atoms with Gasteiger partial charge in [0, 0.05) is 16.3 Å². The lowest BCUT2D eigenvalue weighted by Gasteiger charge is -2.20. The smallest absolute Gasteiger partial charge is 0.150 e. The predicted molar refractivity (Wildman–Crippen MR) is 207 cm³/mol. The second-order valence-electron chi connectivity index (χ2n) is 12.2. The number of nitrogens with one attached hydrogen (secondary N) is 1. The van der Waals surface area contributed by atoms with Gasteiger partial charge in [0.15, 0.2) is 11.5 Å².